The Morgan fingerprint density at radius 2 is 1.80 bits per heavy atom. The Balaban J connectivity index is 1.66. The van der Waals surface area contributed by atoms with Crippen molar-refractivity contribution in [2.75, 3.05) is 33.2 Å². The van der Waals surface area contributed by atoms with Crippen LogP contribution in [-0.4, -0.2) is 53.2 Å². The van der Waals surface area contributed by atoms with Crippen LogP contribution in [0.4, 0.5) is 0 Å². The fourth-order valence-corrected chi connectivity index (χ4v) is 2.49. The number of piperazine rings is 1. The quantitative estimate of drug-likeness (QED) is 0.860. The second-order valence-electron chi connectivity index (χ2n) is 5.09. The van der Waals surface area contributed by atoms with Crippen molar-refractivity contribution in [2.45, 2.75) is 6.54 Å². The van der Waals surface area contributed by atoms with Gasteiger partial charge in [0.1, 0.15) is 0 Å². The Hall–Kier alpha value is -1.24. The van der Waals surface area contributed by atoms with Crippen LogP contribution in [0, 0.1) is 0 Å². The van der Waals surface area contributed by atoms with Crippen molar-refractivity contribution in [1.82, 2.24) is 20.0 Å². The molecule has 1 fully saturated rings. The molecule has 0 aliphatic carbocycles. The predicted octanol–water partition coefficient (Wildman–Crippen LogP) is 2.25. The van der Waals surface area contributed by atoms with Crippen LogP contribution >= 0.6 is 15.9 Å². The molecule has 0 unspecified atom stereocenters. The van der Waals surface area contributed by atoms with E-state index in [0.29, 0.717) is 11.8 Å². The zero-order valence-electron chi connectivity index (χ0n) is 11.4. The molecule has 0 atom stereocenters. The number of rotatable bonds is 3. The minimum absolute atomic E-state index is 0.585. The monoisotopic (exact) mass is 336 g/mol. The second kappa shape index (κ2) is 6.03. The van der Waals surface area contributed by atoms with Crippen molar-refractivity contribution >= 4 is 15.9 Å². The third-order valence-electron chi connectivity index (χ3n) is 3.51. The van der Waals surface area contributed by atoms with Gasteiger partial charge >= 0.3 is 0 Å². The van der Waals surface area contributed by atoms with Gasteiger partial charge in [-0.25, -0.2) is 0 Å². The molecular formula is C14H17BrN4O. The fraction of sp³-hybridized carbons (Fsp3) is 0.429. The molecule has 20 heavy (non-hydrogen) atoms. The summed E-state index contributed by atoms with van der Waals surface area (Å²) in [5.41, 5.74) is 0.949. The largest absolute Gasteiger partial charge is 0.419 e. The molecule has 1 aliphatic heterocycles. The van der Waals surface area contributed by atoms with Crippen molar-refractivity contribution < 1.29 is 4.42 Å². The SMILES string of the molecule is CN1CCN(Cc2nnc(-c3ccc(Br)cc3)o2)CC1. The molecule has 2 aromatic rings. The molecule has 1 aromatic heterocycles. The summed E-state index contributed by atoms with van der Waals surface area (Å²) in [5.74, 6) is 1.27. The molecule has 0 saturated carbocycles. The maximum absolute atomic E-state index is 5.75. The summed E-state index contributed by atoms with van der Waals surface area (Å²) >= 11 is 3.42. The molecule has 1 aliphatic rings. The molecule has 1 aromatic carbocycles. The maximum Gasteiger partial charge on any atom is 0.247 e. The summed E-state index contributed by atoms with van der Waals surface area (Å²) in [4.78, 5) is 4.68. The van der Waals surface area contributed by atoms with Gasteiger partial charge in [-0.15, -0.1) is 10.2 Å². The van der Waals surface area contributed by atoms with Gasteiger partial charge in [-0.05, 0) is 31.3 Å². The molecule has 1 saturated heterocycles. The van der Waals surface area contributed by atoms with Crippen LogP contribution in [0.15, 0.2) is 33.2 Å². The van der Waals surface area contributed by atoms with Gasteiger partial charge in [-0.2, -0.15) is 0 Å². The Bertz CT molecular complexity index is 561. The third kappa shape index (κ3) is 3.26. The number of hydrogen-bond acceptors (Lipinski definition) is 5. The topological polar surface area (TPSA) is 45.4 Å². The number of hydrogen-bond donors (Lipinski definition) is 0. The number of benzene rings is 1. The molecule has 0 amide bonds. The van der Waals surface area contributed by atoms with Gasteiger partial charge in [-0.3, -0.25) is 4.90 Å². The zero-order valence-corrected chi connectivity index (χ0v) is 13.0. The maximum atomic E-state index is 5.75. The van der Waals surface area contributed by atoms with Crippen molar-refractivity contribution in [2.24, 2.45) is 0 Å². The first kappa shape index (κ1) is 13.7. The fourth-order valence-electron chi connectivity index (χ4n) is 2.22. The van der Waals surface area contributed by atoms with Crippen molar-refractivity contribution in [3.63, 3.8) is 0 Å². The minimum Gasteiger partial charge on any atom is -0.419 e. The molecule has 2 heterocycles. The lowest BCUT2D eigenvalue weighted by Gasteiger charge is -2.31. The predicted molar refractivity (Wildman–Crippen MR) is 80.2 cm³/mol. The molecule has 5 nitrogen and oxygen atoms in total. The summed E-state index contributed by atoms with van der Waals surface area (Å²) in [6.07, 6.45) is 0. The van der Waals surface area contributed by atoms with Crippen LogP contribution in [0.5, 0.6) is 0 Å². The average molecular weight is 337 g/mol. The van der Waals surface area contributed by atoms with Crippen LogP contribution in [0.2, 0.25) is 0 Å². The molecule has 0 bridgehead atoms. The van der Waals surface area contributed by atoms with E-state index in [1.54, 1.807) is 0 Å². The Morgan fingerprint density at radius 3 is 2.50 bits per heavy atom. The molecule has 6 heteroatoms. The molecule has 0 radical (unpaired) electrons. The third-order valence-corrected chi connectivity index (χ3v) is 4.04. The minimum atomic E-state index is 0.585. The number of likely N-dealkylation sites (N-methyl/N-ethyl adjacent to an activating group) is 1. The Labute approximate surface area is 126 Å². The Morgan fingerprint density at radius 1 is 1.10 bits per heavy atom. The first-order valence-corrected chi connectivity index (χ1v) is 7.49. The van der Waals surface area contributed by atoms with Gasteiger partial charge < -0.3 is 9.32 Å². The zero-order chi connectivity index (χ0) is 13.9. The van der Waals surface area contributed by atoms with Crippen LogP contribution < -0.4 is 0 Å². The molecule has 0 spiro atoms. The van der Waals surface area contributed by atoms with Gasteiger partial charge in [-0.1, -0.05) is 15.9 Å². The van der Waals surface area contributed by atoms with Crippen molar-refractivity contribution in [3.8, 4) is 11.5 Å². The van der Waals surface area contributed by atoms with Gasteiger partial charge in [0, 0.05) is 36.2 Å². The van der Waals surface area contributed by atoms with Crippen LogP contribution in [0.3, 0.4) is 0 Å². The highest BCUT2D eigenvalue weighted by atomic mass is 79.9. The second-order valence-corrected chi connectivity index (χ2v) is 6.00. The summed E-state index contributed by atoms with van der Waals surface area (Å²) in [6, 6.07) is 7.88. The number of halogens is 1. The average Bonchev–Trinajstić information content (AvgIpc) is 2.91. The van der Waals surface area contributed by atoms with E-state index in [1.165, 1.54) is 0 Å². The lowest BCUT2D eigenvalue weighted by Crippen LogP contribution is -2.43. The van der Waals surface area contributed by atoms with E-state index in [-0.39, 0.29) is 0 Å². The summed E-state index contributed by atoms with van der Waals surface area (Å²) in [5, 5.41) is 8.27. The lowest BCUT2D eigenvalue weighted by atomic mass is 10.2. The molecular weight excluding hydrogens is 320 g/mol. The standard InChI is InChI=1S/C14H17BrN4O/c1-18-6-8-19(9-7-18)10-13-16-17-14(20-13)11-2-4-12(15)5-3-11/h2-5H,6-10H2,1H3. The normalized spacial score (nSPS) is 17.5. The first-order chi connectivity index (χ1) is 9.70. The Kier molecular flexibility index (Phi) is 4.14. The summed E-state index contributed by atoms with van der Waals surface area (Å²) in [6.45, 7) is 5.01. The van der Waals surface area contributed by atoms with Crippen LogP contribution in [-0.2, 0) is 6.54 Å². The van der Waals surface area contributed by atoms with Crippen LogP contribution in [0.25, 0.3) is 11.5 Å². The summed E-state index contributed by atoms with van der Waals surface area (Å²) in [7, 11) is 2.15. The smallest absolute Gasteiger partial charge is 0.247 e. The van der Waals surface area contributed by atoms with Gasteiger partial charge in [0.15, 0.2) is 0 Å². The van der Waals surface area contributed by atoms with Crippen molar-refractivity contribution in [3.05, 3.63) is 34.6 Å². The van der Waals surface area contributed by atoms with E-state index in [0.717, 1.165) is 42.8 Å². The lowest BCUT2D eigenvalue weighted by molar-refractivity contribution is 0.138. The van der Waals surface area contributed by atoms with E-state index < -0.39 is 0 Å². The molecule has 0 N–H and O–H groups in total. The van der Waals surface area contributed by atoms with E-state index in [1.807, 2.05) is 24.3 Å². The van der Waals surface area contributed by atoms with Gasteiger partial charge in [0.2, 0.25) is 11.8 Å². The first-order valence-electron chi connectivity index (χ1n) is 6.70. The van der Waals surface area contributed by atoms with Crippen molar-refractivity contribution in [1.29, 1.82) is 0 Å². The summed E-state index contributed by atoms with van der Waals surface area (Å²) < 4.78 is 6.79. The van der Waals surface area contributed by atoms with E-state index in [2.05, 4.69) is 43.0 Å². The number of nitrogens with zero attached hydrogens (tertiary/aromatic N) is 4. The van der Waals surface area contributed by atoms with Crippen LogP contribution in [0.1, 0.15) is 5.89 Å². The van der Waals surface area contributed by atoms with E-state index in [9.17, 15) is 0 Å². The van der Waals surface area contributed by atoms with Gasteiger partial charge in [0.05, 0.1) is 6.54 Å². The highest BCUT2D eigenvalue weighted by molar-refractivity contribution is 9.10. The number of aromatic nitrogens is 2. The highest BCUT2D eigenvalue weighted by Crippen LogP contribution is 2.21. The highest BCUT2D eigenvalue weighted by Gasteiger charge is 2.17. The van der Waals surface area contributed by atoms with Gasteiger partial charge in [0.25, 0.3) is 0 Å². The molecule has 3 rings (SSSR count). The van der Waals surface area contributed by atoms with E-state index in [4.69, 9.17) is 4.42 Å². The van der Waals surface area contributed by atoms with E-state index >= 15 is 0 Å². The molecule has 106 valence electrons.